The number of piperidine rings is 1. The van der Waals surface area contributed by atoms with Crippen molar-refractivity contribution >= 4 is 11.8 Å². The van der Waals surface area contributed by atoms with Crippen LogP contribution in [0.25, 0.3) is 0 Å². The second kappa shape index (κ2) is 5.27. The molecule has 1 aliphatic heterocycles. The Balaban J connectivity index is 2.88. The molecule has 112 valence electrons. The van der Waals surface area contributed by atoms with Crippen LogP contribution in [0.3, 0.4) is 0 Å². The van der Waals surface area contributed by atoms with Crippen LogP contribution in [-0.4, -0.2) is 11.8 Å². The summed E-state index contributed by atoms with van der Waals surface area (Å²) in [5, 5.41) is 21.3. The van der Waals surface area contributed by atoms with E-state index in [1.807, 2.05) is 39.0 Å². The quantitative estimate of drug-likeness (QED) is 0.801. The van der Waals surface area contributed by atoms with Crippen LogP contribution in [0.5, 0.6) is 0 Å². The zero-order chi connectivity index (χ0) is 16.5. The lowest BCUT2D eigenvalue weighted by Gasteiger charge is -2.51. The van der Waals surface area contributed by atoms with Crippen molar-refractivity contribution in [3.05, 3.63) is 35.9 Å². The fourth-order valence-corrected chi connectivity index (χ4v) is 3.51. The Kier molecular flexibility index (Phi) is 3.77. The van der Waals surface area contributed by atoms with E-state index in [-0.39, 0.29) is 0 Å². The first-order valence-electron chi connectivity index (χ1n) is 7.00. The molecule has 0 spiro atoms. The van der Waals surface area contributed by atoms with Crippen LogP contribution >= 0.6 is 0 Å². The molecule has 0 saturated carbocycles. The van der Waals surface area contributed by atoms with Crippen LogP contribution in [0.4, 0.5) is 0 Å². The monoisotopic (exact) mass is 295 g/mol. The first-order valence-corrected chi connectivity index (χ1v) is 7.00. The average molecular weight is 295 g/mol. The predicted molar refractivity (Wildman–Crippen MR) is 78.9 cm³/mol. The second-order valence-electron chi connectivity index (χ2n) is 6.46. The summed E-state index contributed by atoms with van der Waals surface area (Å²) in [6.07, 6.45) is 0. The summed E-state index contributed by atoms with van der Waals surface area (Å²) in [5.41, 5.74) is -1.19. The third-order valence-corrected chi connectivity index (χ3v) is 4.43. The molecule has 5 heteroatoms. The number of nitrogens with zero attached hydrogens (tertiary/aromatic N) is 2. The number of nitrogens with one attached hydrogen (secondary N) is 1. The van der Waals surface area contributed by atoms with Crippen LogP contribution in [0.2, 0.25) is 0 Å². The molecule has 1 aliphatic rings. The molecule has 5 nitrogen and oxygen atoms in total. The van der Waals surface area contributed by atoms with Crippen molar-refractivity contribution in [2.24, 2.45) is 17.3 Å². The van der Waals surface area contributed by atoms with E-state index in [9.17, 15) is 20.1 Å². The Morgan fingerprint density at radius 2 is 1.45 bits per heavy atom. The summed E-state index contributed by atoms with van der Waals surface area (Å²) in [6.45, 7) is 5.54. The lowest BCUT2D eigenvalue weighted by Crippen LogP contribution is -2.64. The Morgan fingerprint density at radius 3 is 1.82 bits per heavy atom. The largest absolute Gasteiger partial charge is 0.294 e. The third-order valence-electron chi connectivity index (χ3n) is 4.43. The van der Waals surface area contributed by atoms with Gasteiger partial charge in [-0.3, -0.25) is 14.9 Å². The molecule has 1 heterocycles. The van der Waals surface area contributed by atoms with E-state index in [1.165, 1.54) is 0 Å². The molecule has 2 unspecified atom stereocenters. The van der Waals surface area contributed by atoms with E-state index in [2.05, 4.69) is 5.32 Å². The van der Waals surface area contributed by atoms with Gasteiger partial charge in [0.15, 0.2) is 0 Å². The summed E-state index contributed by atoms with van der Waals surface area (Å²) in [6, 6.07) is 13.0. The van der Waals surface area contributed by atoms with Gasteiger partial charge in [0.2, 0.25) is 11.8 Å². The molecule has 0 bridgehead atoms. The normalized spacial score (nSPS) is 28.4. The molecule has 1 aromatic carbocycles. The van der Waals surface area contributed by atoms with E-state index >= 15 is 0 Å². The van der Waals surface area contributed by atoms with E-state index in [1.54, 1.807) is 24.3 Å². The summed E-state index contributed by atoms with van der Waals surface area (Å²) in [5.74, 6) is -3.51. The Bertz CT molecular complexity index is 657. The zero-order valence-corrected chi connectivity index (χ0v) is 12.8. The maximum atomic E-state index is 12.3. The van der Waals surface area contributed by atoms with Gasteiger partial charge in [-0.05, 0) is 11.0 Å². The molecule has 0 aromatic heterocycles. The molecule has 1 fully saturated rings. The minimum atomic E-state index is -1.20. The predicted octanol–water partition coefficient (Wildman–Crippen LogP) is 1.91. The fraction of sp³-hybridized carbons (Fsp3) is 0.412. The lowest BCUT2D eigenvalue weighted by molar-refractivity contribution is -0.145. The molecule has 1 aromatic rings. The SMILES string of the molecule is CC(C)(C)C1(c2ccccc2)C(C#N)C(=O)NC(=O)C1C#N. The number of carbonyl (C=O) groups is 2. The number of imide groups is 1. The fourth-order valence-electron chi connectivity index (χ4n) is 3.51. The van der Waals surface area contributed by atoms with Crippen molar-refractivity contribution < 1.29 is 9.59 Å². The van der Waals surface area contributed by atoms with E-state index < -0.39 is 34.5 Å². The standard InChI is InChI=1S/C17H17N3O2/c1-16(2,3)17(11-7-5-4-6-8-11)12(9-18)14(21)20-15(22)13(17)10-19/h4-8,12-13H,1-3H3,(H,20,21,22). The molecule has 22 heavy (non-hydrogen) atoms. The maximum absolute atomic E-state index is 12.3. The van der Waals surface area contributed by atoms with Gasteiger partial charge in [0.25, 0.3) is 0 Å². The van der Waals surface area contributed by atoms with Gasteiger partial charge < -0.3 is 0 Å². The topological polar surface area (TPSA) is 93.8 Å². The molecular formula is C17H17N3O2. The highest BCUT2D eigenvalue weighted by Crippen LogP contribution is 2.53. The Hall–Kier alpha value is -2.66. The molecule has 2 amide bonds. The first kappa shape index (κ1) is 15.7. The third kappa shape index (κ3) is 1.98. The van der Waals surface area contributed by atoms with Gasteiger partial charge in [-0.25, -0.2) is 0 Å². The van der Waals surface area contributed by atoms with Crippen LogP contribution in [0, 0.1) is 39.9 Å². The van der Waals surface area contributed by atoms with Crippen molar-refractivity contribution in [2.45, 2.75) is 26.2 Å². The zero-order valence-electron chi connectivity index (χ0n) is 12.8. The summed E-state index contributed by atoms with van der Waals surface area (Å²) < 4.78 is 0. The van der Waals surface area contributed by atoms with Gasteiger partial charge in [0, 0.05) is 5.41 Å². The van der Waals surface area contributed by atoms with Crippen LogP contribution in [0.1, 0.15) is 26.3 Å². The van der Waals surface area contributed by atoms with Gasteiger partial charge in [0.1, 0.15) is 11.8 Å². The van der Waals surface area contributed by atoms with Gasteiger partial charge in [-0.2, -0.15) is 10.5 Å². The average Bonchev–Trinajstić information content (AvgIpc) is 2.46. The number of hydrogen-bond acceptors (Lipinski definition) is 4. The minimum absolute atomic E-state index is 0.641. The van der Waals surface area contributed by atoms with Crippen LogP contribution in [-0.2, 0) is 15.0 Å². The number of benzene rings is 1. The van der Waals surface area contributed by atoms with Crippen LogP contribution < -0.4 is 5.32 Å². The highest BCUT2D eigenvalue weighted by molar-refractivity contribution is 6.04. The molecular weight excluding hydrogens is 278 g/mol. The second-order valence-corrected chi connectivity index (χ2v) is 6.46. The van der Waals surface area contributed by atoms with Crippen molar-refractivity contribution in [3.8, 4) is 12.1 Å². The molecule has 1 saturated heterocycles. The Morgan fingerprint density at radius 1 is 1.00 bits per heavy atom. The van der Waals surface area contributed by atoms with E-state index in [0.29, 0.717) is 5.56 Å². The number of rotatable bonds is 1. The van der Waals surface area contributed by atoms with E-state index in [4.69, 9.17) is 0 Å². The van der Waals surface area contributed by atoms with Crippen molar-refractivity contribution in [3.63, 3.8) is 0 Å². The smallest absolute Gasteiger partial charge is 0.244 e. The summed E-state index contributed by atoms with van der Waals surface area (Å²) in [4.78, 5) is 24.5. The summed E-state index contributed by atoms with van der Waals surface area (Å²) >= 11 is 0. The minimum Gasteiger partial charge on any atom is -0.294 e. The molecule has 2 rings (SSSR count). The van der Waals surface area contributed by atoms with Crippen molar-refractivity contribution in [1.29, 1.82) is 10.5 Å². The van der Waals surface area contributed by atoms with Crippen molar-refractivity contribution in [2.75, 3.05) is 0 Å². The first-order chi connectivity index (χ1) is 10.3. The van der Waals surface area contributed by atoms with Gasteiger partial charge in [0.05, 0.1) is 12.1 Å². The van der Waals surface area contributed by atoms with E-state index in [0.717, 1.165) is 0 Å². The van der Waals surface area contributed by atoms with Crippen LogP contribution in [0.15, 0.2) is 30.3 Å². The lowest BCUT2D eigenvalue weighted by atomic mass is 9.49. The van der Waals surface area contributed by atoms with Crippen molar-refractivity contribution in [1.82, 2.24) is 5.32 Å². The summed E-state index contributed by atoms with van der Waals surface area (Å²) in [7, 11) is 0. The maximum Gasteiger partial charge on any atom is 0.244 e. The van der Waals surface area contributed by atoms with Gasteiger partial charge in [-0.15, -0.1) is 0 Å². The molecule has 0 aliphatic carbocycles. The van der Waals surface area contributed by atoms with Gasteiger partial charge >= 0.3 is 0 Å². The molecule has 0 radical (unpaired) electrons. The number of nitriles is 2. The Labute approximate surface area is 129 Å². The van der Waals surface area contributed by atoms with Gasteiger partial charge in [-0.1, -0.05) is 51.1 Å². The molecule has 1 N–H and O–H groups in total. The number of hydrogen-bond donors (Lipinski definition) is 1. The highest BCUT2D eigenvalue weighted by Gasteiger charge is 2.62. The molecule has 2 atom stereocenters. The number of amides is 2. The highest BCUT2D eigenvalue weighted by atomic mass is 16.2. The number of carbonyl (C=O) groups excluding carboxylic acids is 2.